The molecule has 0 bridgehead atoms. The number of benzene rings is 1. The van der Waals surface area contributed by atoms with Gasteiger partial charge in [-0.1, -0.05) is 42.6 Å². The van der Waals surface area contributed by atoms with Crippen LogP contribution in [0, 0.1) is 11.3 Å². The summed E-state index contributed by atoms with van der Waals surface area (Å²) in [4.78, 5) is 0. The van der Waals surface area contributed by atoms with E-state index in [9.17, 15) is 0 Å². The van der Waals surface area contributed by atoms with E-state index in [1.807, 2.05) is 6.08 Å². The van der Waals surface area contributed by atoms with Gasteiger partial charge in [-0.2, -0.15) is 5.26 Å². The molecule has 1 aromatic rings. The fraction of sp³-hybridized carbons (Fsp3) is 0.308. The fourth-order valence-corrected chi connectivity index (χ4v) is 2.91. The van der Waals surface area contributed by atoms with Crippen LogP contribution in [0.3, 0.4) is 0 Å². The van der Waals surface area contributed by atoms with Crippen LogP contribution in [-0.2, 0) is 12.8 Å². The second-order valence-corrected chi connectivity index (χ2v) is 6.36. The van der Waals surface area contributed by atoms with Gasteiger partial charge in [0.25, 0.3) is 0 Å². The van der Waals surface area contributed by atoms with Gasteiger partial charge in [0, 0.05) is 0 Å². The minimum absolute atomic E-state index is 0.489. The fourth-order valence-electron chi connectivity index (χ4n) is 1.62. The van der Waals surface area contributed by atoms with E-state index in [2.05, 4.69) is 43.9 Å². The van der Waals surface area contributed by atoms with Gasteiger partial charge in [0.2, 0.25) is 0 Å². The first-order chi connectivity index (χ1) is 7.19. The van der Waals surface area contributed by atoms with Crippen LogP contribution in [0.15, 0.2) is 30.9 Å². The molecular formula is C13H16NSi. The van der Waals surface area contributed by atoms with E-state index in [4.69, 9.17) is 5.26 Å². The molecule has 0 saturated heterocycles. The smallest absolute Gasteiger partial charge is 0.0795 e. The summed E-state index contributed by atoms with van der Waals surface area (Å²) in [5.41, 5.74) is 2.50. The summed E-state index contributed by atoms with van der Waals surface area (Å²) in [5.74, 6) is 0. The van der Waals surface area contributed by atoms with Crippen molar-refractivity contribution in [1.82, 2.24) is 0 Å². The van der Waals surface area contributed by atoms with E-state index in [0.29, 0.717) is 6.42 Å². The van der Waals surface area contributed by atoms with Gasteiger partial charge in [0.05, 0.1) is 21.3 Å². The highest BCUT2D eigenvalue weighted by atomic mass is 28.3. The first kappa shape index (κ1) is 11.7. The lowest BCUT2D eigenvalue weighted by molar-refractivity contribution is 1.23. The summed E-state index contributed by atoms with van der Waals surface area (Å²) >= 11 is 0. The minimum Gasteiger partial charge on any atom is -0.198 e. The molecule has 0 amide bonds. The zero-order valence-corrected chi connectivity index (χ0v) is 10.4. The molecule has 0 N–H and O–H groups in total. The molecule has 15 heavy (non-hydrogen) atoms. The van der Waals surface area contributed by atoms with Gasteiger partial charge in [0.1, 0.15) is 0 Å². The van der Waals surface area contributed by atoms with Crippen LogP contribution in [0.1, 0.15) is 11.1 Å². The molecule has 0 saturated carbocycles. The molecular weight excluding hydrogens is 198 g/mol. The Morgan fingerprint density at radius 3 is 2.73 bits per heavy atom. The van der Waals surface area contributed by atoms with Gasteiger partial charge in [-0.05, 0) is 17.5 Å². The molecule has 0 heterocycles. The van der Waals surface area contributed by atoms with Crippen molar-refractivity contribution < 1.29 is 0 Å². The van der Waals surface area contributed by atoms with E-state index < -0.39 is 8.80 Å². The minimum atomic E-state index is -0.489. The quantitative estimate of drug-likeness (QED) is 0.558. The monoisotopic (exact) mass is 214 g/mol. The van der Waals surface area contributed by atoms with Crippen LogP contribution >= 0.6 is 0 Å². The standard InChI is InChI=1S/C13H16NSi/c1-4-5-11-6-7-12(8-9-14)13(10-11)15(2)3/h4,6-7,10H,1,5,8H2,2-3H3. The zero-order valence-electron chi connectivity index (χ0n) is 9.38. The van der Waals surface area contributed by atoms with E-state index in [1.165, 1.54) is 16.3 Å². The maximum atomic E-state index is 8.74. The second kappa shape index (κ2) is 5.52. The van der Waals surface area contributed by atoms with E-state index in [1.54, 1.807) is 0 Å². The average Bonchev–Trinajstić information content (AvgIpc) is 2.21. The van der Waals surface area contributed by atoms with Crippen LogP contribution in [0.4, 0.5) is 0 Å². The highest BCUT2D eigenvalue weighted by Gasteiger charge is 2.08. The van der Waals surface area contributed by atoms with Gasteiger partial charge in [-0.25, -0.2) is 0 Å². The average molecular weight is 214 g/mol. The highest BCUT2D eigenvalue weighted by molar-refractivity contribution is 6.71. The molecule has 1 radical (unpaired) electrons. The van der Waals surface area contributed by atoms with Gasteiger partial charge >= 0.3 is 0 Å². The number of nitrogens with zero attached hydrogens (tertiary/aromatic N) is 1. The van der Waals surface area contributed by atoms with Crippen LogP contribution in [0.2, 0.25) is 13.1 Å². The predicted octanol–water partition coefficient (Wildman–Crippen LogP) is 2.44. The molecule has 1 aromatic carbocycles. The Hall–Kier alpha value is -1.33. The molecule has 0 aliphatic rings. The second-order valence-electron chi connectivity index (χ2n) is 3.82. The molecule has 0 unspecified atom stereocenters. The van der Waals surface area contributed by atoms with Crippen molar-refractivity contribution in [2.24, 2.45) is 0 Å². The molecule has 2 heteroatoms. The SMILES string of the molecule is C=CCc1ccc(CC#N)c([Si](C)C)c1. The van der Waals surface area contributed by atoms with Gasteiger partial charge < -0.3 is 0 Å². The Balaban J connectivity index is 3.09. The maximum Gasteiger partial charge on any atom is 0.0795 e. The van der Waals surface area contributed by atoms with Crippen molar-refractivity contribution >= 4 is 14.0 Å². The predicted molar refractivity (Wildman–Crippen MR) is 66.8 cm³/mol. The van der Waals surface area contributed by atoms with Crippen LogP contribution in [-0.4, -0.2) is 8.80 Å². The van der Waals surface area contributed by atoms with Gasteiger partial charge in [-0.3, -0.25) is 0 Å². The van der Waals surface area contributed by atoms with E-state index in [0.717, 1.165) is 6.42 Å². The number of hydrogen-bond donors (Lipinski definition) is 0. The number of hydrogen-bond acceptors (Lipinski definition) is 1. The molecule has 0 aromatic heterocycles. The Bertz CT molecular complexity index is 388. The van der Waals surface area contributed by atoms with Crippen molar-refractivity contribution in [3.8, 4) is 6.07 Å². The third-order valence-corrected chi connectivity index (χ3v) is 3.91. The van der Waals surface area contributed by atoms with Crippen molar-refractivity contribution in [3.63, 3.8) is 0 Å². The maximum absolute atomic E-state index is 8.74. The molecule has 0 atom stereocenters. The molecule has 1 rings (SSSR count). The highest BCUT2D eigenvalue weighted by Crippen LogP contribution is 2.06. The third-order valence-electron chi connectivity index (χ3n) is 2.36. The Morgan fingerprint density at radius 2 is 2.20 bits per heavy atom. The normalized spacial score (nSPS) is 10.0. The lowest BCUT2D eigenvalue weighted by Crippen LogP contribution is -2.27. The lowest BCUT2D eigenvalue weighted by Gasteiger charge is -2.11. The van der Waals surface area contributed by atoms with Crippen LogP contribution in [0.25, 0.3) is 0 Å². The van der Waals surface area contributed by atoms with Crippen molar-refractivity contribution in [1.29, 1.82) is 5.26 Å². The number of nitriles is 1. The molecule has 0 fully saturated rings. The van der Waals surface area contributed by atoms with Gasteiger partial charge in [-0.15, -0.1) is 6.58 Å². The van der Waals surface area contributed by atoms with Crippen LogP contribution < -0.4 is 5.19 Å². The number of allylic oxidation sites excluding steroid dienone is 1. The summed E-state index contributed by atoms with van der Waals surface area (Å²) in [6, 6.07) is 8.66. The van der Waals surface area contributed by atoms with Crippen molar-refractivity contribution in [2.45, 2.75) is 25.9 Å². The first-order valence-electron chi connectivity index (χ1n) is 5.09. The lowest BCUT2D eigenvalue weighted by atomic mass is 10.1. The molecule has 1 nitrogen and oxygen atoms in total. The Morgan fingerprint density at radius 1 is 1.47 bits per heavy atom. The first-order valence-corrected chi connectivity index (χ1v) is 7.59. The summed E-state index contributed by atoms with van der Waals surface area (Å²) in [7, 11) is -0.489. The molecule has 77 valence electrons. The summed E-state index contributed by atoms with van der Waals surface area (Å²) in [5, 5.41) is 10.1. The summed E-state index contributed by atoms with van der Waals surface area (Å²) < 4.78 is 0. The number of rotatable bonds is 4. The summed E-state index contributed by atoms with van der Waals surface area (Å²) in [6.45, 7) is 8.27. The largest absolute Gasteiger partial charge is 0.198 e. The molecule has 0 aliphatic heterocycles. The summed E-state index contributed by atoms with van der Waals surface area (Å²) in [6.07, 6.45) is 3.36. The van der Waals surface area contributed by atoms with E-state index >= 15 is 0 Å². The zero-order chi connectivity index (χ0) is 11.3. The van der Waals surface area contributed by atoms with Gasteiger partial charge in [0.15, 0.2) is 0 Å². The topological polar surface area (TPSA) is 23.8 Å². The third kappa shape index (κ3) is 3.07. The Labute approximate surface area is 93.7 Å². The van der Waals surface area contributed by atoms with E-state index in [-0.39, 0.29) is 0 Å². The molecule has 0 spiro atoms. The van der Waals surface area contributed by atoms with Crippen molar-refractivity contribution in [3.05, 3.63) is 42.0 Å². The van der Waals surface area contributed by atoms with Crippen molar-refractivity contribution in [2.75, 3.05) is 0 Å². The Kier molecular flexibility index (Phi) is 4.32. The van der Waals surface area contributed by atoms with Crippen LogP contribution in [0.5, 0.6) is 0 Å². The molecule has 0 aliphatic carbocycles.